The van der Waals surface area contributed by atoms with Crippen molar-refractivity contribution in [3.05, 3.63) is 0 Å². The van der Waals surface area contributed by atoms with Crippen LogP contribution in [0.4, 0.5) is 0 Å². The highest BCUT2D eigenvalue weighted by atomic mass is 32.7. The number of rotatable bonds is 1. The van der Waals surface area contributed by atoms with E-state index in [1.165, 1.54) is 5.75 Å². The third-order valence-electron chi connectivity index (χ3n) is 0.167. The van der Waals surface area contributed by atoms with Gasteiger partial charge in [-0.1, -0.05) is 15.4 Å². The zero-order valence-corrected chi connectivity index (χ0v) is 6.16. The Morgan fingerprint density at radius 2 is 2.00 bits per heavy atom. The van der Waals surface area contributed by atoms with E-state index in [9.17, 15) is 0 Å². The van der Waals surface area contributed by atoms with Gasteiger partial charge in [0.1, 0.15) is 0 Å². The van der Waals surface area contributed by atoms with Gasteiger partial charge in [-0.05, 0) is 5.75 Å². The van der Waals surface area contributed by atoms with Crippen molar-refractivity contribution < 1.29 is 0 Å². The minimum absolute atomic E-state index is 0. The fraction of sp³-hybridized carbons (Fsp3) is 1.00. The molecule has 0 bridgehead atoms. The molecule has 0 aromatic rings. The van der Waals surface area contributed by atoms with Crippen molar-refractivity contribution in [2.45, 2.75) is 6.92 Å². The molecule has 3 heteroatoms. The molecule has 0 heterocycles. The average Bonchev–Trinajstić information content (AvgIpc) is 1.37. The summed E-state index contributed by atoms with van der Waals surface area (Å²) in [6, 6.07) is 0. The second-order valence-electron chi connectivity index (χ2n) is 0.455. The van der Waals surface area contributed by atoms with Gasteiger partial charge < -0.3 is 0 Å². The third-order valence-corrected chi connectivity index (χ3v) is 1.50. The van der Waals surface area contributed by atoms with Gasteiger partial charge in [-0.25, -0.2) is 0 Å². The van der Waals surface area contributed by atoms with Gasteiger partial charge in [0.2, 0.25) is 0 Å². The van der Waals surface area contributed by atoms with Crippen LogP contribution in [0.1, 0.15) is 6.92 Å². The van der Waals surface area contributed by atoms with Crippen LogP contribution in [0.3, 0.4) is 0 Å². The molecule has 0 rings (SSSR count). The van der Waals surface area contributed by atoms with Gasteiger partial charge >= 0.3 is 0 Å². The Hall–Kier alpha value is 1.13. The first kappa shape index (κ1) is 9.46. The van der Waals surface area contributed by atoms with E-state index in [1.54, 1.807) is 11.4 Å². The normalized spacial score (nSPS) is 6.00. The lowest BCUT2D eigenvalue weighted by Crippen LogP contribution is -1.44. The molecule has 0 spiro atoms. The summed E-state index contributed by atoms with van der Waals surface area (Å²) >= 11 is 1.77. The Balaban J connectivity index is 0. The minimum atomic E-state index is 0. The van der Waals surface area contributed by atoms with Gasteiger partial charge in [0.05, 0.1) is 0 Å². The molecule has 0 aromatic carbocycles. The molecule has 34 valence electrons. The Kier molecular flexibility index (Phi) is 16.9. The summed E-state index contributed by atoms with van der Waals surface area (Å²) in [7, 11) is 2.57. The second-order valence-corrected chi connectivity index (χ2v) is 2.37. The predicted molar refractivity (Wildman–Crippen MR) is 38.2 cm³/mol. The fourth-order valence-corrected chi connectivity index (χ4v) is 0. The lowest BCUT2D eigenvalue weighted by Gasteiger charge is -1.69. The molecular formula is C2H9PS2. The van der Waals surface area contributed by atoms with Gasteiger partial charge in [0.15, 0.2) is 0 Å². The molecule has 0 aliphatic carbocycles. The number of hydrogen-bond donors (Lipinski definition) is 0. The highest BCUT2D eigenvalue weighted by Crippen LogP contribution is 2.06. The van der Waals surface area contributed by atoms with E-state index in [1.807, 2.05) is 0 Å². The fourth-order valence-electron chi connectivity index (χ4n) is 0. The van der Waals surface area contributed by atoms with Crippen molar-refractivity contribution >= 4 is 33.3 Å². The Bertz CT molecular complexity index is 9.61. The van der Waals surface area contributed by atoms with Gasteiger partial charge in [-0.3, -0.25) is 0 Å². The average molecular weight is 128 g/mol. The molecule has 0 nitrogen and oxygen atoms in total. The molecule has 0 radical (unpaired) electrons. The van der Waals surface area contributed by atoms with Crippen molar-refractivity contribution in [1.82, 2.24) is 0 Å². The minimum Gasteiger partial charge on any atom is -0.197 e. The lowest BCUT2D eigenvalue weighted by molar-refractivity contribution is 1.54. The summed E-state index contributed by atoms with van der Waals surface area (Å²) < 4.78 is 0. The quantitative estimate of drug-likeness (QED) is 0.484. The van der Waals surface area contributed by atoms with Crippen molar-refractivity contribution in [3.63, 3.8) is 0 Å². The van der Waals surface area contributed by atoms with E-state index >= 15 is 0 Å². The Labute approximate surface area is 46.5 Å². The predicted octanol–water partition coefficient (Wildman–Crippen LogP) is 1.64. The Morgan fingerprint density at radius 1 is 1.80 bits per heavy atom. The van der Waals surface area contributed by atoms with Crippen LogP contribution in [0, 0.1) is 0 Å². The maximum atomic E-state index is 2.57. The van der Waals surface area contributed by atoms with E-state index in [-0.39, 0.29) is 13.5 Å². The zero-order chi connectivity index (χ0) is 3.41. The molecule has 0 aromatic heterocycles. The van der Waals surface area contributed by atoms with Gasteiger partial charge in [-0.2, -0.15) is 13.5 Å². The Morgan fingerprint density at radius 3 is 2.00 bits per heavy atom. The van der Waals surface area contributed by atoms with E-state index in [4.69, 9.17) is 0 Å². The molecule has 0 aliphatic rings. The summed E-state index contributed by atoms with van der Waals surface area (Å²) in [5.74, 6) is 1.20. The maximum absolute atomic E-state index is 2.57. The topological polar surface area (TPSA) is 0 Å². The molecule has 0 saturated carbocycles. The van der Waals surface area contributed by atoms with Crippen molar-refractivity contribution in [2.24, 2.45) is 0 Å². The van der Waals surface area contributed by atoms with E-state index in [0.717, 1.165) is 0 Å². The van der Waals surface area contributed by atoms with Gasteiger partial charge in [-0.15, -0.1) is 11.4 Å². The number of hydrogen-bond acceptors (Lipinski definition) is 1. The SMILES string of the molecule is CCSP.S. The van der Waals surface area contributed by atoms with Crippen molar-refractivity contribution in [2.75, 3.05) is 5.75 Å². The van der Waals surface area contributed by atoms with Gasteiger partial charge in [0, 0.05) is 0 Å². The molecule has 0 aliphatic heterocycles. The van der Waals surface area contributed by atoms with Crippen LogP contribution in [0.2, 0.25) is 0 Å². The van der Waals surface area contributed by atoms with E-state index in [2.05, 4.69) is 15.4 Å². The molecule has 5 heavy (non-hydrogen) atoms. The van der Waals surface area contributed by atoms with E-state index in [0.29, 0.717) is 0 Å². The summed E-state index contributed by atoms with van der Waals surface area (Å²) in [5.41, 5.74) is 0. The summed E-state index contributed by atoms with van der Waals surface area (Å²) in [6.45, 7) is 2.12. The first-order chi connectivity index (χ1) is 1.91. The van der Waals surface area contributed by atoms with Crippen LogP contribution in [-0.4, -0.2) is 5.75 Å². The third kappa shape index (κ3) is 11.1. The van der Waals surface area contributed by atoms with Gasteiger partial charge in [0.25, 0.3) is 0 Å². The first-order valence-electron chi connectivity index (χ1n) is 1.23. The second kappa shape index (κ2) is 8.93. The molecule has 0 saturated heterocycles. The molecular weight excluding hydrogens is 119 g/mol. The van der Waals surface area contributed by atoms with Crippen LogP contribution in [0.5, 0.6) is 0 Å². The van der Waals surface area contributed by atoms with Crippen LogP contribution in [-0.2, 0) is 0 Å². The van der Waals surface area contributed by atoms with Crippen LogP contribution in [0.25, 0.3) is 0 Å². The molecule has 1 atom stereocenters. The van der Waals surface area contributed by atoms with Crippen LogP contribution in [0.15, 0.2) is 0 Å². The molecule has 0 N–H and O–H groups in total. The lowest BCUT2D eigenvalue weighted by atomic mass is 11.0. The summed E-state index contributed by atoms with van der Waals surface area (Å²) in [4.78, 5) is 0. The monoisotopic (exact) mass is 128 g/mol. The molecule has 0 fully saturated rings. The first-order valence-corrected chi connectivity index (χ1v) is 3.69. The van der Waals surface area contributed by atoms with E-state index < -0.39 is 0 Å². The van der Waals surface area contributed by atoms with Crippen molar-refractivity contribution in [1.29, 1.82) is 0 Å². The largest absolute Gasteiger partial charge is 0.197 e. The zero-order valence-electron chi connectivity index (χ0n) is 3.19. The highest BCUT2D eigenvalue weighted by Gasteiger charge is 1.55. The molecule has 1 unspecified atom stereocenters. The maximum Gasteiger partial charge on any atom is -0.00594 e. The summed E-state index contributed by atoms with van der Waals surface area (Å²) in [5, 5.41) is 0. The highest BCUT2D eigenvalue weighted by molar-refractivity contribution is 8.43. The van der Waals surface area contributed by atoms with Crippen LogP contribution < -0.4 is 0 Å². The standard InChI is InChI=1S/C2H7PS.H2S/c1-2-4-3;/h2-3H2,1H3;1H2. The van der Waals surface area contributed by atoms with Crippen molar-refractivity contribution in [3.8, 4) is 0 Å². The smallest absolute Gasteiger partial charge is 0.00594 e. The summed E-state index contributed by atoms with van der Waals surface area (Å²) in [6.07, 6.45) is 0. The molecule has 0 amide bonds. The van der Waals surface area contributed by atoms with Crippen LogP contribution >= 0.6 is 33.3 Å².